The van der Waals surface area contributed by atoms with Gasteiger partial charge < -0.3 is 4.74 Å². The van der Waals surface area contributed by atoms with Crippen molar-refractivity contribution in [3.8, 4) is 11.4 Å². The van der Waals surface area contributed by atoms with Crippen LogP contribution >= 0.6 is 12.2 Å². The van der Waals surface area contributed by atoms with Crippen LogP contribution in [0.5, 0.6) is 5.75 Å². The fraction of sp³-hybridized carbons (Fsp3) is 0.333. The number of ether oxygens (including phenoxy) is 1. The molecule has 142 valence electrons. The Bertz CT molecular complexity index is 959. The van der Waals surface area contributed by atoms with E-state index in [9.17, 15) is 0 Å². The van der Waals surface area contributed by atoms with E-state index < -0.39 is 0 Å². The molecular weight excluding hydrogens is 356 g/mol. The van der Waals surface area contributed by atoms with Crippen LogP contribution in [0, 0.1) is 18.6 Å². The standard InChI is InChI=1S/C21H26N4OS/c1-5-26-20-11-9-18(10-12-20)14-23(4)15-24-21(27)25(17(3)22-24)19-8-6-7-16(2)13-19/h6-13H,5,14-15H2,1-4H3. The third-order valence-electron chi connectivity index (χ3n) is 4.32. The molecule has 0 spiro atoms. The molecule has 0 aliphatic heterocycles. The van der Waals surface area contributed by atoms with Crippen molar-refractivity contribution in [2.75, 3.05) is 13.7 Å². The van der Waals surface area contributed by atoms with Crippen LogP contribution in [0.1, 0.15) is 23.9 Å². The zero-order chi connectivity index (χ0) is 19.4. The first-order valence-electron chi connectivity index (χ1n) is 9.11. The molecular formula is C21H26N4OS. The zero-order valence-electron chi connectivity index (χ0n) is 16.3. The molecule has 2 aromatic carbocycles. The molecule has 0 atom stereocenters. The molecule has 0 fully saturated rings. The third-order valence-corrected chi connectivity index (χ3v) is 4.72. The van der Waals surface area contributed by atoms with Gasteiger partial charge in [0.1, 0.15) is 11.6 Å². The van der Waals surface area contributed by atoms with Gasteiger partial charge in [0.2, 0.25) is 4.77 Å². The van der Waals surface area contributed by atoms with Gasteiger partial charge in [0.15, 0.2) is 0 Å². The normalized spacial score (nSPS) is 11.1. The third kappa shape index (κ3) is 4.64. The number of benzene rings is 2. The highest BCUT2D eigenvalue weighted by Gasteiger charge is 2.11. The van der Waals surface area contributed by atoms with Gasteiger partial charge in [-0.05, 0) is 75.4 Å². The van der Waals surface area contributed by atoms with Gasteiger partial charge >= 0.3 is 0 Å². The van der Waals surface area contributed by atoms with Crippen molar-refractivity contribution in [1.82, 2.24) is 19.2 Å². The Morgan fingerprint density at radius 1 is 1.11 bits per heavy atom. The lowest BCUT2D eigenvalue weighted by molar-refractivity contribution is 0.243. The summed E-state index contributed by atoms with van der Waals surface area (Å²) < 4.78 is 10.1. The molecule has 27 heavy (non-hydrogen) atoms. The van der Waals surface area contributed by atoms with Gasteiger partial charge in [-0.25, -0.2) is 4.68 Å². The van der Waals surface area contributed by atoms with E-state index in [1.54, 1.807) is 0 Å². The van der Waals surface area contributed by atoms with Crippen molar-refractivity contribution in [2.24, 2.45) is 0 Å². The Labute approximate surface area is 165 Å². The summed E-state index contributed by atoms with van der Waals surface area (Å²) in [5.74, 6) is 1.79. The molecule has 0 aliphatic rings. The van der Waals surface area contributed by atoms with E-state index in [2.05, 4.69) is 54.3 Å². The van der Waals surface area contributed by atoms with Crippen molar-refractivity contribution in [2.45, 2.75) is 34.0 Å². The molecule has 6 heteroatoms. The van der Waals surface area contributed by atoms with Gasteiger partial charge in [0.25, 0.3) is 0 Å². The molecule has 3 aromatic rings. The predicted octanol–water partition coefficient (Wildman–Crippen LogP) is 4.51. The van der Waals surface area contributed by atoms with Crippen LogP contribution in [0.15, 0.2) is 48.5 Å². The maximum atomic E-state index is 5.69. The van der Waals surface area contributed by atoms with E-state index in [0.717, 1.165) is 23.8 Å². The molecule has 0 saturated heterocycles. The van der Waals surface area contributed by atoms with Crippen LogP contribution in [0.3, 0.4) is 0 Å². The second-order valence-electron chi connectivity index (χ2n) is 6.74. The first-order chi connectivity index (χ1) is 13.0. The zero-order valence-corrected chi connectivity index (χ0v) is 17.2. The Kier molecular flexibility index (Phi) is 6.08. The quantitative estimate of drug-likeness (QED) is 0.563. The summed E-state index contributed by atoms with van der Waals surface area (Å²) in [6, 6.07) is 16.5. The number of hydrogen-bond acceptors (Lipinski definition) is 4. The Morgan fingerprint density at radius 2 is 1.85 bits per heavy atom. The van der Waals surface area contributed by atoms with Crippen LogP contribution < -0.4 is 4.74 Å². The topological polar surface area (TPSA) is 35.2 Å². The highest BCUT2D eigenvalue weighted by molar-refractivity contribution is 7.71. The van der Waals surface area contributed by atoms with E-state index in [4.69, 9.17) is 17.0 Å². The lowest BCUT2D eigenvalue weighted by Gasteiger charge is -2.16. The lowest BCUT2D eigenvalue weighted by Crippen LogP contribution is -2.22. The van der Waals surface area contributed by atoms with Crippen LogP contribution in [0.25, 0.3) is 5.69 Å². The number of hydrogen-bond donors (Lipinski definition) is 0. The monoisotopic (exact) mass is 382 g/mol. The number of rotatable bonds is 7. The molecule has 0 saturated carbocycles. The molecule has 0 N–H and O–H groups in total. The molecule has 5 nitrogen and oxygen atoms in total. The van der Waals surface area contributed by atoms with E-state index in [1.807, 2.05) is 41.3 Å². The number of nitrogens with zero attached hydrogens (tertiary/aromatic N) is 4. The summed E-state index contributed by atoms with van der Waals surface area (Å²) in [5.41, 5.74) is 3.48. The molecule has 1 aromatic heterocycles. The molecule has 3 rings (SSSR count). The summed E-state index contributed by atoms with van der Waals surface area (Å²) in [5, 5.41) is 4.65. The molecule has 0 aliphatic carbocycles. The molecule has 0 unspecified atom stereocenters. The van der Waals surface area contributed by atoms with Gasteiger partial charge in [0, 0.05) is 12.2 Å². The van der Waals surface area contributed by atoms with Crippen LogP contribution in [-0.2, 0) is 13.2 Å². The minimum atomic E-state index is 0.631. The SMILES string of the molecule is CCOc1ccc(CN(C)Cn2nc(C)n(-c3cccc(C)c3)c2=S)cc1. The van der Waals surface area contributed by atoms with Crippen molar-refractivity contribution in [3.63, 3.8) is 0 Å². The summed E-state index contributed by atoms with van der Waals surface area (Å²) >= 11 is 5.69. The smallest absolute Gasteiger partial charge is 0.203 e. The van der Waals surface area contributed by atoms with Gasteiger partial charge in [-0.15, -0.1) is 0 Å². The first-order valence-corrected chi connectivity index (χ1v) is 9.52. The van der Waals surface area contributed by atoms with Crippen molar-refractivity contribution in [3.05, 3.63) is 70.3 Å². The van der Waals surface area contributed by atoms with Crippen molar-refractivity contribution >= 4 is 12.2 Å². The predicted molar refractivity (Wildman–Crippen MR) is 111 cm³/mol. The Hall–Kier alpha value is -2.44. The van der Waals surface area contributed by atoms with Gasteiger partial charge in [-0.1, -0.05) is 24.3 Å². The largest absolute Gasteiger partial charge is 0.494 e. The Balaban J connectivity index is 1.74. The summed E-state index contributed by atoms with van der Waals surface area (Å²) in [7, 11) is 2.07. The molecule has 0 radical (unpaired) electrons. The van der Waals surface area contributed by atoms with E-state index >= 15 is 0 Å². The van der Waals surface area contributed by atoms with Crippen LogP contribution in [0.4, 0.5) is 0 Å². The number of aryl methyl sites for hydroxylation is 2. The maximum absolute atomic E-state index is 5.69. The molecule has 0 amide bonds. The summed E-state index contributed by atoms with van der Waals surface area (Å²) in [6.45, 7) is 8.18. The van der Waals surface area contributed by atoms with Gasteiger partial charge in [0.05, 0.1) is 13.3 Å². The average Bonchev–Trinajstić information content (AvgIpc) is 2.90. The van der Waals surface area contributed by atoms with E-state index in [-0.39, 0.29) is 0 Å². The van der Waals surface area contributed by atoms with Crippen molar-refractivity contribution < 1.29 is 4.74 Å². The van der Waals surface area contributed by atoms with Gasteiger partial charge in [-0.3, -0.25) is 9.47 Å². The maximum Gasteiger partial charge on any atom is 0.203 e. The van der Waals surface area contributed by atoms with Crippen LogP contribution in [0.2, 0.25) is 0 Å². The average molecular weight is 383 g/mol. The van der Waals surface area contributed by atoms with E-state index in [1.165, 1.54) is 11.1 Å². The fourth-order valence-corrected chi connectivity index (χ4v) is 3.46. The van der Waals surface area contributed by atoms with Gasteiger partial charge in [-0.2, -0.15) is 5.10 Å². The fourth-order valence-electron chi connectivity index (χ4n) is 3.12. The Morgan fingerprint density at radius 3 is 2.52 bits per heavy atom. The molecule has 1 heterocycles. The molecule has 0 bridgehead atoms. The minimum Gasteiger partial charge on any atom is -0.494 e. The highest BCUT2D eigenvalue weighted by atomic mass is 32.1. The second kappa shape index (κ2) is 8.50. The lowest BCUT2D eigenvalue weighted by atomic mass is 10.2. The highest BCUT2D eigenvalue weighted by Crippen LogP contribution is 2.16. The first kappa shape index (κ1) is 19.3. The number of aromatic nitrogens is 3. The van der Waals surface area contributed by atoms with E-state index in [0.29, 0.717) is 18.0 Å². The van der Waals surface area contributed by atoms with Crippen LogP contribution in [-0.4, -0.2) is 32.9 Å². The summed E-state index contributed by atoms with van der Waals surface area (Å²) in [4.78, 5) is 2.19. The second-order valence-corrected chi connectivity index (χ2v) is 7.10. The van der Waals surface area contributed by atoms with Crippen molar-refractivity contribution in [1.29, 1.82) is 0 Å². The summed E-state index contributed by atoms with van der Waals surface area (Å²) in [6.07, 6.45) is 0. The minimum absolute atomic E-state index is 0.631.